The normalized spacial score (nSPS) is 12.4. The predicted octanol–water partition coefficient (Wildman–Crippen LogP) is 2.13. The maximum Gasteiger partial charge on any atom is 0.107 e. The van der Waals surface area contributed by atoms with Gasteiger partial charge in [-0.15, -0.1) is 11.3 Å². The highest BCUT2D eigenvalue weighted by Gasteiger charge is 2.18. The SMILES string of the molecule is Cc1csc(CNCC(C)(C)CN(C)C)n1. The van der Waals surface area contributed by atoms with Gasteiger partial charge in [-0.2, -0.15) is 0 Å². The molecule has 1 N–H and O–H groups in total. The van der Waals surface area contributed by atoms with Gasteiger partial charge < -0.3 is 10.2 Å². The van der Waals surface area contributed by atoms with Gasteiger partial charge in [0.2, 0.25) is 0 Å². The second kappa shape index (κ2) is 5.75. The monoisotopic (exact) mass is 241 g/mol. The van der Waals surface area contributed by atoms with E-state index in [9.17, 15) is 0 Å². The highest BCUT2D eigenvalue weighted by Crippen LogP contribution is 2.15. The summed E-state index contributed by atoms with van der Waals surface area (Å²) < 4.78 is 0. The number of thiazole rings is 1. The summed E-state index contributed by atoms with van der Waals surface area (Å²) in [5, 5.41) is 6.76. The number of aromatic nitrogens is 1. The largest absolute Gasteiger partial charge is 0.310 e. The Morgan fingerprint density at radius 1 is 1.44 bits per heavy atom. The Balaban J connectivity index is 2.29. The van der Waals surface area contributed by atoms with Crippen LogP contribution in [-0.4, -0.2) is 37.1 Å². The molecule has 3 nitrogen and oxygen atoms in total. The zero-order valence-electron chi connectivity index (χ0n) is 11.0. The minimum atomic E-state index is 0.301. The van der Waals surface area contributed by atoms with Crippen LogP contribution in [0.5, 0.6) is 0 Å². The van der Waals surface area contributed by atoms with Crippen LogP contribution in [0.25, 0.3) is 0 Å². The van der Waals surface area contributed by atoms with Gasteiger partial charge in [-0.3, -0.25) is 0 Å². The lowest BCUT2D eigenvalue weighted by Gasteiger charge is -2.28. The van der Waals surface area contributed by atoms with Crippen LogP contribution in [0.4, 0.5) is 0 Å². The molecule has 92 valence electrons. The molecule has 1 aromatic heterocycles. The zero-order valence-corrected chi connectivity index (χ0v) is 11.8. The van der Waals surface area contributed by atoms with Gasteiger partial charge in [0.05, 0.1) is 0 Å². The van der Waals surface area contributed by atoms with Crippen LogP contribution in [0.1, 0.15) is 24.5 Å². The highest BCUT2D eigenvalue weighted by atomic mass is 32.1. The van der Waals surface area contributed by atoms with Crippen molar-refractivity contribution in [2.24, 2.45) is 5.41 Å². The van der Waals surface area contributed by atoms with E-state index in [4.69, 9.17) is 0 Å². The van der Waals surface area contributed by atoms with Crippen molar-refractivity contribution in [3.05, 3.63) is 16.1 Å². The van der Waals surface area contributed by atoms with Gasteiger partial charge in [0.15, 0.2) is 0 Å². The standard InChI is InChI=1S/C12H23N3S/c1-10-7-16-11(14-10)6-13-8-12(2,3)9-15(4)5/h7,13H,6,8-9H2,1-5H3. The maximum absolute atomic E-state index is 4.44. The topological polar surface area (TPSA) is 28.2 Å². The zero-order chi connectivity index (χ0) is 12.2. The van der Waals surface area contributed by atoms with E-state index >= 15 is 0 Å². The van der Waals surface area contributed by atoms with Crippen LogP contribution in [-0.2, 0) is 6.54 Å². The summed E-state index contributed by atoms with van der Waals surface area (Å²) in [5.74, 6) is 0. The summed E-state index contributed by atoms with van der Waals surface area (Å²) in [7, 11) is 4.23. The lowest BCUT2D eigenvalue weighted by atomic mass is 9.93. The number of nitrogens with one attached hydrogen (secondary N) is 1. The molecule has 0 aromatic carbocycles. The van der Waals surface area contributed by atoms with Gasteiger partial charge in [0.25, 0.3) is 0 Å². The Morgan fingerprint density at radius 3 is 2.62 bits per heavy atom. The molecular formula is C12H23N3S. The first-order chi connectivity index (χ1) is 7.39. The minimum Gasteiger partial charge on any atom is -0.310 e. The van der Waals surface area contributed by atoms with Crippen LogP contribution in [0.15, 0.2) is 5.38 Å². The average molecular weight is 241 g/mol. The lowest BCUT2D eigenvalue weighted by Crippen LogP contribution is -2.37. The molecule has 0 spiro atoms. The molecule has 0 bridgehead atoms. The number of hydrogen-bond acceptors (Lipinski definition) is 4. The molecule has 0 aliphatic rings. The Hall–Kier alpha value is -0.450. The van der Waals surface area contributed by atoms with Crippen molar-refractivity contribution < 1.29 is 0 Å². The van der Waals surface area contributed by atoms with Crippen LogP contribution < -0.4 is 5.32 Å². The molecule has 0 aliphatic heterocycles. The molecular weight excluding hydrogens is 218 g/mol. The third-order valence-electron chi connectivity index (χ3n) is 2.29. The molecule has 0 saturated carbocycles. The number of rotatable bonds is 6. The van der Waals surface area contributed by atoms with Crippen LogP contribution >= 0.6 is 11.3 Å². The quantitative estimate of drug-likeness (QED) is 0.827. The number of nitrogens with zero attached hydrogens (tertiary/aromatic N) is 2. The second-order valence-corrected chi connectivity index (χ2v) is 6.33. The summed E-state index contributed by atoms with van der Waals surface area (Å²) in [6, 6.07) is 0. The fourth-order valence-electron chi connectivity index (χ4n) is 1.90. The maximum atomic E-state index is 4.44. The van der Waals surface area contributed by atoms with E-state index in [1.807, 2.05) is 6.92 Å². The lowest BCUT2D eigenvalue weighted by molar-refractivity contribution is 0.232. The van der Waals surface area contributed by atoms with E-state index in [-0.39, 0.29) is 0 Å². The molecule has 1 aromatic rings. The van der Waals surface area contributed by atoms with E-state index in [0.29, 0.717) is 5.41 Å². The van der Waals surface area contributed by atoms with Gasteiger partial charge in [-0.1, -0.05) is 13.8 Å². The van der Waals surface area contributed by atoms with Gasteiger partial charge in [-0.25, -0.2) is 4.98 Å². The van der Waals surface area contributed by atoms with Crippen molar-refractivity contribution >= 4 is 11.3 Å². The first-order valence-electron chi connectivity index (χ1n) is 5.65. The third-order valence-corrected chi connectivity index (χ3v) is 3.26. The molecule has 0 aliphatic carbocycles. The molecule has 1 rings (SSSR count). The third kappa shape index (κ3) is 5.05. The van der Waals surface area contributed by atoms with Crippen molar-refractivity contribution in [3.63, 3.8) is 0 Å². The van der Waals surface area contributed by atoms with Gasteiger partial charge in [0, 0.05) is 30.7 Å². The summed E-state index contributed by atoms with van der Waals surface area (Å²) in [6.45, 7) is 9.60. The summed E-state index contributed by atoms with van der Waals surface area (Å²) in [6.07, 6.45) is 0. The molecule has 0 saturated heterocycles. The molecule has 0 radical (unpaired) electrons. The first-order valence-corrected chi connectivity index (χ1v) is 6.53. The first kappa shape index (κ1) is 13.6. The fraction of sp³-hybridized carbons (Fsp3) is 0.750. The Kier molecular flexibility index (Phi) is 4.89. The molecule has 0 fully saturated rings. The van der Waals surface area contributed by atoms with Crippen molar-refractivity contribution in [1.82, 2.24) is 15.2 Å². The molecule has 0 atom stereocenters. The van der Waals surface area contributed by atoms with Crippen LogP contribution in [0, 0.1) is 12.3 Å². The average Bonchev–Trinajstić information content (AvgIpc) is 2.48. The molecule has 16 heavy (non-hydrogen) atoms. The minimum absolute atomic E-state index is 0.301. The second-order valence-electron chi connectivity index (χ2n) is 5.39. The van der Waals surface area contributed by atoms with E-state index < -0.39 is 0 Å². The summed E-state index contributed by atoms with van der Waals surface area (Å²) >= 11 is 1.73. The van der Waals surface area contributed by atoms with Crippen molar-refractivity contribution in [2.45, 2.75) is 27.3 Å². The van der Waals surface area contributed by atoms with Crippen molar-refractivity contribution in [3.8, 4) is 0 Å². The molecule has 0 unspecified atom stereocenters. The van der Waals surface area contributed by atoms with E-state index in [0.717, 1.165) is 25.3 Å². The van der Waals surface area contributed by atoms with Crippen LogP contribution in [0.2, 0.25) is 0 Å². The predicted molar refractivity (Wildman–Crippen MR) is 70.9 cm³/mol. The number of hydrogen-bond donors (Lipinski definition) is 1. The fourth-order valence-corrected chi connectivity index (χ4v) is 2.65. The van der Waals surface area contributed by atoms with Crippen molar-refractivity contribution in [2.75, 3.05) is 27.2 Å². The van der Waals surface area contributed by atoms with E-state index in [2.05, 4.69) is 48.5 Å². The summed E-state index contributed by atoms with van der Waals surface area (Å²) in [5.41, 5.74) is 1.42. The Labute approximate surface area is 103 Å². The Bertz CT molecular complexity index is 318. The smallest absolute Gasteiger partial charge is 0.107 e. The van der Waals surface area contributed by atoms with Crippen molar-refractivity contribution in [1.29, 1.82) is 0 Å². The summed E-state index contributed by atoms with van der Waals surface area (Å²) in [4.78, 5) is 6.67. The van der Waals surface area contributed by atoms with Gasteiger partial charge in [0.1, 0.15) is 5.01 Å². The molecule has 1 heterocycles. The van der Waals surface area contributed by atoms with Gasteiger partial charge in [-0.05, 0) is 26.4 Å². The van der Waals surface area contributed by atoms with Crippen LogP contribution in [0.3, 0.4) is 0 Å². The molecule has 4 heteroatoms. The molecule has 0 amide bonds. The number of aryl methyl sites for hydroxylation is 1. The Morgan fingerprint density at radius 2 is 2.12 bits per heavy atom. The van der Waals surface area contributed by atoms with E-state index in [1.165, 1.54) is 5.01 Å². The van der Waals surface area contributed by atoms with Gasteiger partial charge >= 0.3 is 0 Å². The highest BCUT2D eigenvalue weighted by molar-refractivity contribution is 7.09. The van der Waals surface area contributed by atoms with E-state index in [1.54, 1.807) is 11.3 Å².